The van der Waals surface area contributed by atoms with E-state index in [1.165, 1.54) is 0 Å². The summed E-state index contributed by atoms with van der Waals surface area (Å²) in [4.78, 5) is 17.1. The lowest BCUT2D eigenvalue weighted by Crippen LogP contribution is -2.43. The molecule has 0 aliphatic heterocycles. The van der Waals surface area contributed by atoms with Crippen molar-refractivity contribution in [3.05, 3.63) is 59.9 Å². The highest BCUT2D eigenvalue weighted by Crippen LogP contribution is 2.19. The number of nitrogens with zero attached hydrogens (tertiary/aromatic N) is 2. The van der Waals surface area contributed by atoms with Gasteiger partial charge in [0.1, 0.15) is 11.9 Å². The van der Waals surface area contributed by atoms with Crippen molar-refractivity contribution in [2.45, 2.75) is 64.6 Å². The van der Waals surface area contributed by atoms with Crippen LogP contribution in [0.2, 0.25) is 0 Å². The smallest absolute Gasteiger partial charge is 0.324 e. The highest BCUT2D eigenvalue weighted by atomic mass is 32.2. The fraction of sp³-hybridized carbons (Fsp3) is 0.417. The maximum Gasteiger partial charge on any atom is 0.324 e. The van der Waals surface area contributed by atoms with Gasteiger partial charge in [-0.1, -0.05) is 38.1 Å². The molecular formula is C24H31N3O4S. The number of hydrogen-bond donors (Lipinski definition) is 1. The summed E-state index contributed by atoms with van der Waals surface area (Å²) in [6.45, 7) is 9.87. The minimum atomic E-state index is -3.88. The second-order valence-corrected chi connectivity index (χ2v) is 10.4. The monoisotopic (exact) mass is 457 g/mol. The number of hydrogen-bond acceptors (Lipinski definition) is 5. The normalized spacial score (nSPS) is 13.1. The van der Waals surface area contributed by atoms with Crippen molar-refractivity contribution in [2.24, 2.45) is 5.92 Å². The summed E-state index contributed by atoms with van der Waals surface area (Å²) in [6, 6.07) is 13.7. The molecule has 172 valence electrons. The molecule has 3 aromatic rings. The van der Waals surface area contributed by atoms with Gasteiger partial charge in [0.05, 0.1) is 22.0 Å². The van der Waals surface area contributed by atoms with Crippen molar-refractivity contribution in [1.29, 1.82) is 0 Å². The average Bonchev–Trinajstić information content (AvgIpc) is 3.02. The van der Waals surface area contributed by atoms with E-state index in [1.54, 1.807) is 38.1 Å². The topological polar surface area (TPSA) is 90.3 Å². The fourth-order valence-corrected chi connectivity index (χ4v) is 4.78. The van der Waals surface area contributed by atoms with Crippen LogP contribution < -0.4 is 4.72 Å². The summed E-state index contributed by atoms with van der Waals surface area (Å²) in [5.74, 6) is 0.458. The Balaban J connectivity index is 1.78. The zero-order chi connectivity index (χ0) is 23.5. The van der Waals surface area contributed by atoms with Gasteiger partial charge in [0, 0.05) is 6.54 Å². The van der Waals surface area contributed by atoms with Crippen LogP contribution in [0, 0.1) is 12.8 Å². The molecule has 1 N–H and O–H groups in total. The molecule has 7 nitrogen and oxygen atoms in total. The summed E-state index contributed by atoms with van der Waals surface area (Å²) in [6.07, 6.45) is 0.0409. The van der Waals surface area contributed by atoms with Gasteiger partial charge in [-0.3, -0.25) is 4.79 Å². The van der Waals surface area contributed by atoms with Crippen LogP contribution in [0.4, 0.5) is 0 Å². The number of benzene rings is 2. The standard InChI is InChI=1S/C24H31N3O4S/c1-16(2)14-22(24(28)31-17(3)4)26-32(29,30)20-12-10-19(11-13-20)15-27-18(5)25-21-8-6-7-9-23(21)27/h6-13,16-17,22,26H,14-15H2,1-5H3/t22-/m0/s1. The third-order valence-corrected chi connectivity index (χ3v) is 6.55. The van der Waals surface area contributed by atoms with E-state index in [0.29, 0.717) is 13.0 Å². The first kappa shape index (κ1) is 23.9. The number of esters is 1. The molecule has 0 saturated heterocycles. The minimum absolute atomic E-state index is 0.111. The predicted octanol–water partition coefficient (Wildman–Crippen LogP) is 4.04. The Morgan fingerprint density at radius 1 is 1.06 bits per heavy atom. The SMILES string of the molecule is Cc1nc2ccccc2n1Cc1ccc(S(=O)(=O)N[C@@H](CC(C)C)C(=O)OC(C)C)cc1. The molecule has 0 aliphatic rings. The Morgan fingerprint density at radius 2 is 1.72 bits per heavy atom. The molecule has 0 bridgehead atoms. The summed E-state index contributed by atoms with van der Waals surface area (Å²) in [5.41, 5.74) is 2.91. The van der Waals surface area contributed by atoms with Crippen LogP contribution in [0.15, 0.2) is 53.4 Å². The van der Waals surface area contributed by atoms with Crippen molar-refractivity contribution < 1.29 is 17.9 Å². The van der Waals surface area contributed by atoms with Crippen LogP contribution >= 0.6 is 0 Å². The minimum Gasteiger partial charge on any atom is -0.462 e. The second-order valence-electron chi connectivity index (χ2n) is 8.67. The summed E-state index contributed by atoms with van der Waals surface area (Å²) in [7, 11) is -3.88. The Kier molecular flexibility index (Phi) is 7.36. The molecule has 0 aliphatic carbocycles. The molecule has 0 radical (unpaired) electrons. The lowest BCUT2D eigenvalue weighted by Gasteiger charge is -2.20. The number of nitrogens with one attached hydrogen (secondary N) is 1. The molecule has 32 heavy (non-hydrogen) atoms. The van der Waals surface area contributed by atoms with Crippen molar-refractivity contribution in [3.8, 4) is 0 Å². The van der Waals surface area contributed by atoms with Crippen LogP contribution in [0.3, 0.4) is 0 Å². The number of aromatic nitrogens is 2. The van der Waals surface area contributed by atoms with E-state index >= 15 is 0 Å². The van der Waals surface area contributed by atoms with E-state index in [1.807, 2.05) is 45.0 Å². The third-order valence-electron chi connectivity index (χ3n) is 5.06. The number of rotatable bonds is 9. The van der Waals surface area contributed by atoms with Crippen molar-refractivity contribution >= 4 is 27.0 Å². The van der Waals surface area contributed by atoms with Gasteiger partial charge in [-0.05, 0) is 62.9 Å². The van der Waals surface area contributed by atoms with Crippen LogP contribution in [0.1, 0.15) is 45.5 Å². The number of ether oxygens (including phenoxy) is 1. The number of carbonyl (C=O) groups excluding carboxylic acids is 1. The number of fused-ring (bicyclic) bond motifs is 1. The first-order valence-corrected chi connectivity index (χ1v) is 12.3. The molecule has 1 heterocycles. The van der Waals surface area contributed by atoms with E-state index in [-0.39, 0.29) is 16.9 Å². The molecule has 8 heteroatoms. The van der Waals surface area contributed by atoms with Gasteiger partial charge in [-0.15, -0.1) is 0 Å². The third kappa shape index (κ3) is 5.75. The first-order chi connectivity index (χ1) is 15.1. The van der Waals surface area contributed by atoms with E-state index in [0.717, 1.165) is 22.4 Å². The maximum atomic E-state index is 12.9. The van der Waals surface area contributed by atoms with Crippen molar-refractivity contribution in [2.75, 3.05) is 0 Å². The predicted molar refractivity (Wildman–Crippen MR) is 125 cm³/mol. The van der Waals surface area contributed by atoms with Gasteiger partial charge in [0.25, 0.3) is 0 Å². The van der Waals surface area contributed by atoms with E-state index in [4.69, 9.17) is 4.74 Å². The molecule has 0 spiro atoms. The van der Waals surface area contributed by atoms with Crippen molar-refractivity contribution in [3.63, 3.8) is 0 Å². The second kappa shape index (κ2) is 9.83. The largest absolute Gasteiger partial charge is 0.462 e. The van der Waals surface area contributed by atoms with Crippen LogP contribution in [0.25, 0.3) is 11.0 Å². The summed E-state index contributed by atoms with van der Waals surface area (Å²) >= 11 is 0. The zero-order valence-corrected chi connectivity index (χ0v) is 20.0. The van der Waals surface area contributed by atoms with Gasteiger partial charge >= 0.3 is 5.97 Å². The zero-order valence-electron chi connectivity index (χ0n) is 19.2. The summed E-state index contributed by atoms with van der Waals surface area (Å²) < 4.78 is 35.7. The molecular weight excluding hydrogens is 426 g/mol. The molecule has 0 amide bonds. The quantitative estimate of drug-likeness (QED) is 0.490. The highest BCUT2D eigenvalue weighted by molar-refractivity contribution is 7.89. The molecule has 1 atom stereocenters. The first-order valence-electron chi connectivity index (χ1n) is 10.8. The lowest BCUT2D eigenvalue weighted by atomic mass is 10.0. The van der Waals surface area contributed by atoms with Gasteiger partial charge in [0.15, 0.2) is 0 Å². The summed E-state index contributed by atoms with van der Waals surface area (Å²) in [5, 5.41) is 0. The van der Waals surface area contributed by atoms with Gasteiger partial charge in [0.2, 0.25) is 10.0 Å². The van der Waals surface area contributed by atoms with Crippen LogP contribution in [-0.2, 0) is 26.1 Å². The maximum absolute atomic E-state index is 12.9. The van der Waals surface area contributed by atoms with Gasteiger partial charge in [-0.25, -0.2) is 13.4 Å². The van der Waals surface area contributed by atoms with Gasteiger partial charge < -0.3 is 9.30 Å². The Bertz CT molecular complexity index is 1180. The van der Waals surface area contributed by atoms with Gasteiger partial charge in [-0.2, -0.15) is 4.72 Å². The number of carbonyl (C=O) groups is 1. The van der Waals surface area contributed by atoms with Crippen LogP contribution in [0.5, 0.6) is 0 Å². The number of sulfonamides is 1. The molecule has 2 aromatic carbocycles. The Labute approximate surface area is 189 Å². The Morgan fingerprint density at radius 3 is 2.34 bits per heavy atom. The Hall–Kier alpha value is -2.71. The van der Waals surface area contributed by atoms with Crippen LogP contribution in [-0.4, -0.2) is 36.1 Å². The molecule has 1 aromatic heterocycles. The number of aryl methyl sites for hydroxylation is 1. The molecule has 0 fully saturated rings. The lowest BCUT2D eigenvalue weighted by molar-refractivity contribution is -0.149. The fourth-order valence-electron chi connectivity index (χ4n) is 3.59. The van der Waals surface area contributed by atoms with Crippen molar-refractivity contribution in [1.82, 2.24) is 14.3 Å². The molecule has 0 unspecified atom stereocenters. The number of imidazole rings is 1. The van der Waals surface area contributed by atoms with E-state index < -0.39 is 22.0 Å². The number of para-hydroxylation sites is 2. The highest BCUT2D eigenvalue weighted by Gasteiger charge is 2.28. The van der Waals surface area contributed by atoms with E-state index in [2.05, 4.69) is 14.3 Å². The molecule has 0 saturated carbocycles. The molecule has 3 rings (SSSR count). The van der Waals surface area contributed by atoms with E-state index in [9.17, 15) is 13.2 Å². The average molecular weight is 458 g/mol.